The zero-order valence-electron chi connectivity index (χ0n) is 16.0. The van der Waals surface area contributed by atoms with E-state index in [0.717, 1.165) is 50.6 Å². The van der Waals surface area contributed by atoms with Crippen LogP contribution in [-0.4, -0.2) is 44.2 Å². The number of hydrogen-bond acceptors (Lipinski definition) is 7. The summed E-state index contributed by atoms with van der Waals surface area (Å²) in [5.74, 6) is -0.681. The van der Waals surface area contributed by atoms with Crippen molar-refractivity contribution in [3.05, 3.63) is 34.3 Å². The highest BCUT2D eigenvalue weighted by Gasteiger charge is 2.24. The summed E-state index contributed by atoms with van der Waals surface area (Å²) in [4.78, 5) is 2.92. The van der Waals surface area contributed by atoms with Crippen LogP contribution in [0.2, 0.25) is 5.02 Å². The van der Waals surface area contributed by atoms with Gasteiger partial charge in [0.15, 0.2) is 10.3 Å². The van der Waals surface area contributed by atoms with E-state index in [2.05, 4.69) is 15.6 Å². The fraction of sp³-hybridized carbons (Fsp3) is 0.500. The molecule has 0 spiro atoms. The Morgan fingerprint density at radius 1 is 1.27 bits per heavy atom. The lowest BCUT2D eigenvalue weighted by atomic mass is 9.98. The number of unbranched alkanes of at least 4 members (excludes halogenated alkanes) is 2. The Bertz CT molecular complexity index is 974. The van der Waals surface area contributed by atoms with Gasteiger partial charge >= 0.3 is 0 Å². The number of β-amino-alcohol motifs (C(OH)–C–C–N with tert-alkyl or cyclic N) is 1. The molecule has 0 radical (unpaired) electrons. The maximum Gasteiger partial charge on any atom is 0.266 e. The second-order valence-corrected chi connectivity index (χ2v) is 10.1. The van der Waals surface area contributed by atoms with E-state index in [1.165, 1.54) is 0 Å². The number of aromatic nitrogens is 1. The minimum atomic E-state index is -4.30. The number of thiazole rings is 1. The van der Waals surface area contributed by atoms with Crippen LogP contribution in [0.4, 0.5) is 19.6 Å². The van der Waals surface area contributed by atoms with Crippen molar-refractivity contribution in [3.63, 3.8) is 0 Å². The van der Waals surface area contributed by atoms with E-state index in [4.69, 9.17) is 11.6 Å². The Kier molecular flexibility index (Phi) is 7.86. The first-order chi connectivity index (χ1) is 14.3. The standard InChI is InChI=1S/C18H23ClF2N4O3S2/c19-12-6-16(30(27,28)25-18-24-10-17(21)29-18)13(20)7-14(12)23-5-3-1-2-4-11-8-22-9-15(11)26/h6-7,10-11,15,22-23,26H,1-5,8-9H2,(H,24,25)/t11-,15-/m1/s1. The summed E-state index contributed by atoms with van der Waals surface area (Å²) >= 11 is 6.62. The number of aliphatic hydroxyl groups excluding tert-OH is 1. The number of hydrogen-bond donors (Lipinski definition) is 4. The van der Waals surface area contributed by atoms with Crippen molar-refractivity contribution in [2.75, 3.05) is 29.7 Å². The molecule has 7 nitrogen and oxygen atoms in total. The van der Waals surface area contributed by atoms with Crippen LogP contribution >= 0.6 is 22.9 Å². The summed E-state index contributed by atoms with van der Waals surface area (Å²) in [5, 5.41) is 15.1. The van der Waals surface area contributed by atoms with E-state index in [9.17, 15) is 22.3 Å². The fourth-order valence-corrected chi connectivity index (χ4v) is 5.45. The summed E-state index contributed by atoms with van der Waals surface area (Å²) in [6.07, 6.45) is 4.29. The van der Waals surface area contributed by atoms with Gasteiger partial charge in [-0.15, -0.1) is 0 Å². The molecule has 2 atom stereocenters. The van der Waals surface area contributed by atoms with Gasteiger partial charge in [0.2, 0.25) is 0 Å². The molecular formula is C18H23ClF2N4O3S2. The highest BCUT2D eigenvalue weighted by molar-refractivity contribution is 7.93. The maximum absolute atomic E-state index is 14.4. The average molecular weight is 481 g/mol. The van der Waals surface area contributed by atoms with E-state index in [-0.39, 0.29) is 16.3 Å². The number of anilines is 2. The molecule has 4 N–H and O–H groups in total. The van der Waals surface area contributed by atoms with Crippen LogP contribution in [0.1, 0.15) is 25.7 Å². The van der Waals surface area contributed by atoms with Gasteiger partial charge in [0.1, 0.15) is 10.7 Å². The van der Waals surface area contributed by atoms with Crippen LogP contribution in [-0.2, 0) is 10.0 Å². The lowest BCUT2D eigenvalue weighted by Gasteiger charge is -2.13. The second-order valence-electron chi connectivity index (χ2n) is 7.10. The lowest BCUT2D eigenvalue weighted by molar-refractivity contribution is 0.141. The van der Waals surface area contributed by atoms with Gasteiger partial charge in [-0.25, -0.2) is 17.8 Å². The van der Waals surface area contributed by atoms with Crippen molar-refractivity contribution in [3.8, 4) is 0 Å². The van der Waals surface area contributed by atoms with Crippen LogP contribution in [0.5, 0.6) is 0 Å². The normalized spacial score (nSPS) is 19.2. The number of nitrogens with one attached hydrogen (secondary N) is 3. The molecule has 1 saturated heterocycles. The highest BCUT2D eigenvalue weighted by atomic mass is 35.5. The van der Waals surface area contributed by atoms with Gasteiger partial charge in [0.25, 0.3) is 10.0 Å². The van der Waals surface area contributed by atoms with E-state index < -0.39 is 25.9 Å². The molecule has 166 valence electrons. The molecule has 1 aliphatic rings. The van der Waals surface area contributed by atoms with E-state index in [0.29, 0.717) is 36.0 Å². The van der Waals surface area contributed by atoms with E-state index >= 15 is 0 Å². The topological polar surface area (TPSA) is 103 Å². The molecule has 1 fully saturated rings. The quantitative estimate of drug-likeness (QED) is 0.388. The third-order valence-corrected chi connectivity index (χ3v) is 7.38. The molecule has 0 amide bonds. The first-order valence-corrected chi connectivity index (χ1v) is 12.2. The van der Waals surface area contributed by atoms with Gasteiger partial charge in [0.05, 0.1) is 23.0 Å². The molecule has 12 heteroatoms. The van der Waals surface area contributed by atoms with Crippen LogP contribution in [0.15, 0.2) is 23.2 Å². The molecule has 0 aliphatic carbocycles. The first kappa shape index (κ1) is 23.1. The van der Waals surface area contributed by atoms with E-state index in [1.54, 1.807) is 0 Å². The second kappa shape index (κ2) is 10.2. The third-order valence-electron chi connectivity index (χ3n) is 4.88. The van der Waals surface area contributed by atoms with Crippen LogP contribution in [0.3, 0.4) is 0 Å². The molecule has 1 aliphatic heterocycles. The number of nitrogens with zero attached hydrogens (tertiary/aromatic N) is 1. The number of halogens is 3. The van der Waals surface area contributed by atoms with E-state index in [1.807, 2.05) is 4.72 Å². The molecule has 2 heterocycles. The smallest absolute Gasteiger partial charge is 0.266 e. The fourth-order valence-electron chi connectivity index (χ4n) is 3.29. The predicted molar refractivity (Wildman–Crippen MR) is 114 cm³/mol. The predicted octanol–water partition coefficient (Wildman–Crippen LogP) is 3.43. The number of benzene rings is 1. The van der Waals surface area contributed by atoms with Crippen molar-refractivity contribution in [1.29, 1.82) is 0 Å². The van der Waals surface area contributed by atoms with Gasteiger partial charge in [-0.2, -0.15) is 4.39 Å². The average Bonchev–Trinajstić information content (AvgIpc) is 3.27. The van der Waals surface area contributed by atoms with Crippen LogP contribution in [0, 0.1) is 16.9 Å². The Morgan fingerprint density at radius 2 is 2.07 bits per heavy atom. The monoisotopic (exact) mass is 480 g/mol. The number of sulfonamides is 1. The van der Waals surface area contributed by atoms with Crippen LogP contribution < -0.4 is 15.4 Å². The Morgan fingerprint density at radius 3 is 2.73 bits per heavy atom. The van der Waals surface area contributed by atoms with Crippen LogP contribution in [0.25, 0.3) is 0 Å². The largest absolute Gasteiger partial charge is 0.391 e. The highest BCUT2D eigenvalue weighted by Crippen LogP contribution is 2.30. The van der Waals surface area contributed by atoms with Gasteiger partial charge in [-0.05, 0) is 30.9 Å². The Balaban J connectivity index is 1.51. The molecule has 2 aromatic rings. The number of aliphatic hydroxyl groups is 1. The Hall–Kier alpha value is -1.53. The minimum absolute atomic E-state index is 0.0576. The molecule has 1 aromatic carbocycles. The SMILES string of the molecule is O=S(=O)(Nc1ncc(F)s1)c1cc(Cl)c(NCCCCC[C@@H]2CNC[C@H]2O)cc1F. The summed E-state index contributed by atoms with van der Waals surface area (Å²) < 4.78 is 54.2. The zero-order chi connectivity index (χ0) is 21.7. The molecule has 0 unspecified atom stereocenters. The Labute approximate surface area is 182 Å². The molecule has 0 bridgehead atoms. The van der Waals surface area contributed by atoms with Crippen molar-refractivity contribution >= 4 is 43.8 Å². The first-order valence-electron chi connectivity index (χ1n) is 9.52. The minimum Gasteiger partial charge on any atom is -0.391 e. The maximum atomic E-state index is 14.4. The summed E-state index contributed by atoms with van der Waals surface area (Å²) in [6, 6.07) is 2.04. The summed E-state index contributed by atoms with van der Waals surface area (Å²) in [6.45, 7) is 2.04. The summed E-state index contributed by atoms with van der Waals surface area (Å²) in [5.41, 5.74) is 0.295. The van der Waals surface area contributed by atoms with Crippen molar-refractivity contribution in [2.45, 2.75) is 36.7 Å². The molecule has 3 rings (SSSR count). The van der Waals surface area contributed by atoms with Crippen molar-refractivity contribution < 1.29 is 22.3 Å². The molecule has 1 aromatic heterocycles. The van der Waals surface area contributed by atoms with Gasteiger partial charge in [-0.1, -0.05) is 35.8 Å². The van der Waals surface area contributed by atoms with Crippen molar-refractivity contribution in [1.82, 2.24) is 10.3 Å². The lowest BCUT2D eigenvalue weighted by Crippen LogP contribution is -2.17. The number of rotatable bonds is 10. The zero-order valence-corrected chi connectivity index (χ0v) is 18.4. The molecular weight excluding hydrogens is 458 g/mol. The molecule has 0 saturated carbocycles. The van der Waals surface area contributed by atoms with Crippen molar-refractivity contribution in [2.24, 2.45) is 5.92 Å². The summed E-state index contributed by atoms with van der Waals surface area (Å²) in [7, 11) is -4.30. The van der Waals surface area contributed by atoms with Gasteiger partial charge in [0, 0.05) is 19.6 Å². The van der Waals surface area contributed by atoms with Gasteiger partial charge in [-0.3, -0.25) is 4.72 Å². The molecule has 30 heavy (non-hydrogen) atoms. The van der Waals surface area contributed by atoms with Gasteiger partial charge < -0.3 is 15.7 Å². The third kappa shape index (κ3) is 6.01.